The Bertz CT molecular complexity index is 610. The molecule has 6 nitrogen and oxygen atoms in total. The fraction of sp³-hybridized carbons (Fsp3) is 0. The van der Waals surface area contributed by atoms with Crippen molar-refractivity contribution in [2.75, 3.05) is 0 Å². The summed E-state index contributed by atoms with van der Waals surface area (Å²) >= 11 is 0. The highest BCUT2D eigenvalue weighted by atomic mass is 16.6. The molecule has 0 atom stereocenters. The van der Waals surface area contributed by atoms with Crippen molar-refractivity contribution < 1.29 is 4.92 Å². The fourth-order valence-electron chi connectivity index (χ4n) is 1.15. The summed E-state index contributed by atoms with van der Waals surface area (Å²) in [4.78, 5) is 9.90. The molecule has 80 valence electrons. The minimum atomic E-state index is -0.665. The minimum absolute atomic E-state index is 0.112. The van der Waals surface area contributed by atoms with Gasteiger partial charge in [-0.1, -0.05) is 0 Å². The highest BCUT2D eigenvalue weighted by Crippen LogP contribution is 2.20. The Labute approximate surface area is 96.4 Å². The van der Waals surface area contributed by atoms with Gasteiger partial charge in [-0.25, -0.2) is 0 Å². The summed E-state index contributed by atoms with van der Waals surface area (Å²) < 4.78 is 0. The molecule has 0 N–H and O–H groups in total. The third-order valence-electron chi connectivity index (χ3n) is 1.89. The van der Waals surface area contributed by atoms with Crippen LogP contribution in [0.15, 0.2) is 23.8 Å². The van der Waals surface area contributed by atoms with Gasteiger partial charge in [-0.05, 0) is 23.8 Å². The van der Waals surface area contributed by atoms with Crippen LogP contribution >= 0.6 is 0 Å². The van der Waals surface area contributed by atoms with Crippen molar-refractivity contribution in [3.63, 3.8) is 0 Å². The Morgan fingerprint density at radius 3 is 2.41 bits per heavy atom. The van der Waals surface area contributed by atoms with E-state index in [1.54, 1.807) is 18.2 Å². The van der Waals surface area contributed by atoms with Gasteiger partial charge < -0.3 is 0 Å². The molecule has 0 fully saturated rings. The Kier molecular flexibility index (Phi) is 3.55. The zero-order valence-corrected chi connectivity index (χ0v) is 8.41. The van der Waals surface area contributed by atoms with Gasteiger partial charge in [0, 0.05) is 6.07 Å². The Morgan fingerprint density at radius 2 is 1.94 bits per heavy atom. The van der Waals surface area contributed by atoms with Crippen LogP contribution in [0.3, 0.4) is 0 Å². The quantitative estimate of drug-likeness (QED) is 0.432. The lowest BCUT2D eigenvalue weighted by atomic mass is 10.1. The highest BCUT2D eigenvalue weighted by Gasteiger charge is 2.13. The number of nitrogens with zero attached hydrogens (tertiary/aromatic N) is 4. The maximum absolute atomic E-state index is 10.6. The van der Waals surface area contributed by atoms with Crippen molar-refractivity contribution in [3.8, 4) is 18.2 Å². The second kappa shape index (κ2) is 5.06. The van der Waals surface area contributed by atoms with Crippen molar-refractivity contribution in [2.24, 2.45) is 0 Å². The van der Waals surface area contributed by atoms with E-state index in [4.69, 9.17) is 15.8 Å². The summed E-state index contributed by atoms with van der Waals surface area (Å²) in [6.07, 6.45) is 1.25. The number of nitro benzene ring substituents is 1. The van der Waals surface area contributed by atoms with Gasteiger partial charge in [0.1, 0.15) is 29.3 Å². The van der Waals surface area contributed by atoms with E-state index < -0.39 is 4.92 Å². The van der Waals surface area contributed by atoms with Gasteiger partial charge in [-0.3, -0.25) is 10.1 Å². The van der Waals surface area contributed by atoms with E-state index in [1.807, 2.05) is 0 Å². The first-order chi connectivity index (χ1) is 8.12. The maximum Gasteiger partial charge on any atom is 0.287 e. The molecule has 0 unspecified atom stereocenters. The van der Waals surface area contributed by atoms with Crippen molar-refractivity contribution in [3.05, 3.63) is 45.0 Å². The topological polar surface area (TPSA) is 115 Å². The first-order valence-corrected chi connectivity index (χ1v) is 4.32. The van der Waals surface area contributed by atoms with Crippen molar-refractivity contribution in [1.29, 1.82) is 15.8 Å². The van der Waals surface area contributed by atoms with Gasteiger partial charge in [0.05, 0.1) is 4.92 Å². The summed E-state index contributed by atoms with van der Waals surface area (Å²) in [6, 6.07) is 8.80. The van der Waals surface area contributed by atoms with E-state index in [2.05, 4.69) is 0 Å². The average Bonchev–Trinajstić information content (AvgIpc) is 2.35. The van der Waals surface area contributed by atoms with Crippen LogP contribution in [0.1, 0.15) is 11.1 Å². The largest absolute Gasteiger partial charge is 0.287 e. The van der Waals surface area contributed by atoms with Crippen LogP contribution < -0.4 is 0 Å². The first-order valence-electron chi connectivity index (χ1n) is 4.32. The van der Waals surface area contributed by atoms with Crippen LogP contribution in [0.4, 0.5) is 5.69 Å². The molecular weight excluding hydrogens is 220 g/mol. The number of nitro groups is 1. The number of hydrogen-bond acceptors (Lipinski definition) is 5. The smallest absolute Gasteiger partial charge is 0.258 e. The third-order valence-corrected chi connectivity index (χ3v) is 1.89. The summed E-state index contributed by atoms with van der Waals surface area (Å²) in [5.41, 5.74) is -0.160. The standard InChI is InChI=1S/C11H4N4O2/c12-5-9(6-13)3-8-1-2-11(15(16)17)10(4-8)7-14/h1-4H. The Balaban J connectivity index is 3.32. The average molecular weight is 224 g/mol. The second-order valence-electron chi connectivity index (χ2n) is 2.93. The molecule has 0 aromatic heterocycles. The number of nitriles is 3. The van der Waals surface area contributed by atoms with Crippen LogP contribution in [-0.4, -0.2) is 4.92 Å². The molecule has 1 aromatic carbocycles. The number of hydrogen-bond donors (Lipinski definition) is 0. The van der Waals surface area contributed by atoms with E-state index in [0.717, 1.165) is 6.07 Å². The van der Waals surface area contributed by atoms with Gasteiger partial charge in [-0.2, -0.15) is 15.8 Å². The monoisotopic (exact) mass is 224 g/mol. The molecule has 1 rings (SSSR count). The zero-order valence-electron chi connectivity index (χ0n) is 8.41. The molecular formula is C11H4N4O2. The molecule has 6 heteroatoms. The van der Waals surface area contributed by atoms with Crippen LogP contribution in [0.5, 0.6) is 0 Å². The molecule has 0 saturated carbocycles. The molecule has 0 radical (unpaired) electrons. The number of benzene rings is 1. The minimum Gasteiger partial charge on any atom is -0.258 e. The second-order valence-corrected chi connectivity index (χ2v) is 2.93. The van der Waals surface area contributed by atoms with Crippen LogP contribution in [0.25, 0.3) is 6.08 Å². The number of allylic oxidation sites excluding steroid dienone is 1. The van der Waals surface area contributed by atoms with E-state index in [1.165, 1.54) is 18.2 Å². The van der Waals surface area contributed by atoms with Crippen molar-refractivity contribution >= 4 is 11.8 Å². The molecule has 1 aromatic rings. The van der Waals surface area contributed by atoms with E-state index in [-0.39, 0.29) is 16.8 Å². The molecule has 0 aliphatic rings. The van der Waals surface area contributed by atoms with Gasteiger partial charge in [0.15, 0.2) is 0 Å². The van der Waals surface area contributed by atoms with Gasteiger partial charge in [0.2, 0.25) is 0 Å². The molecule has 0 saturated heterocycles. The van der Waals surface area contributed by atoms with Gasteiger partial charge in [-0.15, -0.1) is 0 Å². The summed E-state index contributed by atoms with van der Waals surface area (Å²) in [7, 11) is 0. The molecule has 0 heterocycles. The maximum atomic E-state index is 10.6. The fourth-order valence-corrected chi connectivity index (χ4v) is 1.15. The normalized spacial score (nSPS) is 8.29. The molecule has 0 amide bonds. The first kappa shape index (κ1) is 11.9. The van der Waals surface area contributed by atoms with Crippen LogP contribution in [0, 0.1) is 44.1 Å². The lowest BCUT2D eigenvalue weighted by Gasteiger charge is -1.96. The summed E-state index contributed by atoms with van der Waals surface area (Å²) in [5.74, 6) is 0. The van der Waals surface area contributed by atoms with Crippen molar-refractivity contribution in [1.82, 2.24) is 0 Å². The third kappa shape index (κ3) is 2.65. The van der Waals surface area contributed by atoms with Gasteiger partial charge in [0.25, 0.3) is 5.69 Å². The summed E-state index contributed by atoms with van der Waals surface area (Å²) in [5, 5.41) is 36.4. The Hall–Kier alpha value is -3.17. The lowest BCUT2D eigenvalue weighted by molar-refractivity contribution is -0.385. The van der Waals surface area contributed by atoms with Gasteiger partial charge >= 0.3 is 0 Å². The Morgan fingerprint density at radius 1 is 1.29 bits per heavy atom. The molecule has 17 heavy (non-hydrogen) atoms. The predicted molar refractivity (Wildman–Crippen MR) is 57.0 cm³/mol. The van der Waals surface area contributed by atoms with E-state index in [0.29, 0.717) is 5.56 Å². The van der Waals surface area contributed by atoms with Crippen LogP contribution in [-0.2, 0) is 0 Å². The van der Waals surface area contributed by atoms with Crippen LogP contribution in [0.2, 0.25) is 0 Å². The van der Waals surface area contributed by atoms with E-state index in [9.17, 15) is 10.1 Å². The highest BCUT2D eigenvalue weighted by molar-refractivity contribution is 5.65. The molecule has 0 aliphatic carbocycles. The van der Waals surface area contributed by atoms with Crippen molar-refractivity contribution in [2.45, 2.75) is 0 Å². The van der Waals surface area contributed by atoms with E-state index >= 15 is 0 Å². The summed E-state index contributed by atoms with van der Waals surface area (Å²) in [6.45, 7) is 0. The molecule has 0 bridgehead atoms. The molecule has 0 spiro atoms. The SMILES string of the molecule is N#CC(C#N)=Cc1ccc([N+](=O)[O-])c(C#N)c1. The molecule has 0 aliphatic heterocycles. The lowest BCUT2D eigenvalue weighted by Crippen LogP contribution is -1.92. The number of rotatable bonds is 2. The predicted octanol–water partition coefficient (Wildman–Crippen LogP) is 1.90. The zero-order chi connectivity index (χ0) is 12.8.